The first kappa shape index (κ1) is 22.7. The van der Waals surface area contributed by atoms with Crippen molar-refractivity contribution in [1.82, 2.24) is 9.99 Å². The summed E-state index contributed by atoms with van der Waals surface area (Å²) in [6.07, 6.45) is 1.65. The zero-order chi connectivity index (χ0) is 22.5. The number of amides is 1. The van der Waals surface area contributed by atoms with Crippen molar-refractivity contribution in [2.24, 2.45) is 5.10 Å². The lowest BCUT2D eigenvalue weighted by Gasteiger charge is -2.07. The fraction of sp³-hybridized carbons (Fsp3) is 0.261. The van der Waals surface area contributed by atoms with Crippen LogP contribution in [0.1, 0.15) is 33.0 Å². The van der Waals surface area contributed by atoms with E-state index in [2.05, 4.69) is 21.2 Å². The Morgan fingerprint density at radius 1 is 1.29 bits per heavy atom. The largest absolute Gasteiger partial charge is 0.497 e. The lowest BCUT2D eigenvalue weighted by molar-refractivity contribution is -0.118. The van der Waals surface area contributed by atoms with Gasteiger partial charge in [0.15, 0.2) is 0 Å². The summed E-state index contributed by atoms with van der Waals surface area (Å²) in [5.74, 6) is 0.870. The Morgan fingerprint density at radius 2 is 2.00 bits per heavy atom. The number of hydrazone groups is 1. The summed E-state index contributed by atoms with van der Waals surface area (Å²) >= 11 is 3.05. The van der Waals surface area contributed by atoms with E-state index in [0.717, 1.165) is 43.0 Å². The lowest BCUT2D eigenvalue weighted by atomic mass is 10.2. The maximum atomic E-state index is 12.1. The van der Waals surface area contributed by atoms with Crippen molar-refractivity contribution in [3.8, 4) is 16.8 Å². The van der Waals surface area contributed by atoms with Gasteiger partial charge in [0.1, 0.15) is 16.8 Å². The van der Waals surface area contributed by atoms with Gasteiger partial charge < -0.3 is 9.30 Å². The zero-order valence-corrected chi connectivity index (χ0v) is 19.8. The van der Waals surface area contributed by atoms with Gasteiger partial charge >= 0.3 is 0 Å². The van der Waals surface area contributed by atoms with Crippen molar-refractivity contribution in [1.29, 1.82) is 5.26 Å². The fourth-order valence-electron chi connectivity index (χ4n) is 3.16. The van der Waals surface area contributed by atoms with E-state index in [1.54, 1.807) is 24.7 Å². The normalized spacial score (nSPS) is 11.0. The summed E-state index contributed by atoms with van der Waals surface area (Å²) in [5, 5.41) is 14.6. The van der Waals surface area contributed by atoms with Gasteiger partial charge in [-0.2, -0.15) is 10.4 Å². The Hall–Kier alpha value is -3.02. The molecule has 8 heteroatoms. The summed E-state index contributed by atoms with van der Waals surface area (Å²) in [7, 11) is 1.62. The van der Waals surface area contributed by atoms with E-state index in [9.17, 15) is 10.1 Å². The molecule has 0 spiro atoms. The van der Waals surface area contributed by atoms with Gasteiger partial charge in [-0.05, 0) is 63.6 Å². The van der Waals surface area contributed by atoms with Crippen LogP contribution in [0.25, 0.3) is 5.00 Å². The first-order valence-electron chi connectivity index (χ1n) is 9.63. The van der Waals surface area contributed by atoms with Crippen LogP contribution in [-0.4, -0.2) is 29.6 Å². The van der Waals surface area contributed by atoms with Crippen LogP contribution in [0.3, 0.4) is 0 Å². The van der Waals surface area contributed by atoms with Crippen LogP contribution in [0, 0.1) is 39.0 Å². The number of hydrogen-bond acceptors (Lipinski definition) is 6. The molecular weight excluding hydrogens is 428 g/mol. The number of nitriles is 1. The second-order valence-corrected chi connectivity index (χ2v) is 9.25. The number of aryl methyl sites for hydroxylation is 2. The molecule has 0 bridgehead atoms. The summed E-state index contributed by atoms with van der Waals surface area (Å²) < 4.78 is 7.21. The summed E-state index contributed by atoms with van der Waals surface area (Å²) in [6, 6.07) is 11.9. The number of thiophene rings is 1. The van der Waals surface area contributed by atoms with Gasteiger partial charge in [0.05, 0.1) is 24.6 Å². The molecule has 0 saturated heterocycles. The molecule has 1 N–H and O–H groups in total. The third kappa shape index (κ3) is 5.01. The second-order valence-electron chi connectivity index (χ2n) is 6.99. The highest BCUT2D eigenvalue weighted by Crippen LogP contribution is 2.33. The number of hydrogen-bond donors (Lipinski definition) is 1. The number of rotatable bonds is 7. The quantitative estimate of drug-likeness (QED) is 0.314. The molecule has 0 aliphatic carbocycles. The Labute approximate surface area is 190 Å². The smallest absolute Gasteiger partial charge is 0.250 e. The molecule has 3 aromatic rings. The van der Waals surface area contributed by atoms with E-state index in [1.165, 1.54) is 11.8 Å². The van der Waals surface area contributed by atoms with E-state index in [1.807, 2.05) is 58.0 Å². The number of ether oxygens (including phenoxy) is 1. The second kappa shape index (κ2) is 9.86. The third-order valence-electron chi connectivity index (χ3n) is 4.97. The van der Waals surface area contributed by atoms with Crippen molar-refractivity contribution in [3.63, 3.8) is 0 Å². The molecule has 0 saturated carbocycles. The Kier molecular flexibility index (Phi) is 7.21. The average Bonchev–Trinajstić information content (AvgIpc) is 3.20. The first-order chi connectivity index (χ1) is 14.8. The Balaban J connectivity index is 1.66. The summed E-state index contributed by atoms with van der Waals surface area (Å²) in [6.45, 7) is 7.99. The fourth-order valence-corrected chi connectivity index (χ4v) is 5.06. The van der Waals surface area contributed by atoms with Gasteiger partial charge in [-0.15, -0.1) is 23.1 Å². The first-order valence-corrected chi connectivity index (χ1v) is 11.4. The van der Waals surface area contributed by atoms with E-state index in [-0.39, 0.29) is 11.7 Å². The molecule has 3 rings (SSSR count). The Morgan fingerprint density at radius 3 is 2.65 bits per heavy atom. The van der Waals surface area contributed by atoms with Crippen LogP contribution in [0.15, 0.2) is 40.3 Å². The van der Waals surface area contributed by atoms with Crippen molar-refractivity contribution in [3.05, 3.63) is 63.3 Å². The Bertz CT molecular complexity index is 1170. The summed E-state index contributed by atoms with van der Waals surface area (Å²) in [4.78, 5) is 14.2. The standard InChI is InChI=1S/C23H24N4O2S2/c1-14-10-18(16(3)27(14)23-21(11-24)15(2)17(4)31-23)12-25-26-22(28)13-30-20-8-6-19(29-5)7-9-20/h6-10,12H,13H2,1-5H3,(H,26,28). The van der Waals surface area contributed by atoms with Gasteiger partial charge in [-0.3, -0.25) is 4.79 Å². The van der Waals surface area contributed by atoms with Crippen LogP contribution in [0.2, 0.25) is 0 Å². The predicted molar refractivity (Wildman–Crippen MR) is 127 cm³/mol. The van der Waals surface area contributed by atoms with Gasteiger partial charge in [-0.1, -0.05) is 0 Å². The number of benzene rings is 1. The number of nitrogens with one attached hydrogen (secondary N) is 1. The van der Waals surface area contributed by atoms with Crippen LogP contribution in [-0.2, 0) is 4.79 Å². The van der Waals surface area contributed by atoms with Crippen LogP contribution < -0.4 is 10.2 Å². The highest BCUT2D eigenvalue weighted by atomic mass is 32.2. The van der Waals surface area contributed by atoms with Gasteiger partial charge in [0.2, 0.25) is 5.91 Å². The monoisotopic (exact) mass is 452 g/mol. The highest BCUT2D eigenvalue weighted by molar-refractivity contribution is 8.00. The molecule has 0 unspecified atom stereocenters. The van der Waals surface area contributed by atoms with E-state index in [0.29, 0.717) is 5.56 Å². The molecule has 1 amide bonds. The summed E-state index contributed by atoms with van der Waals surface area (Å²) in [5.41, 5.74) is 7.19. The number of thioether (sulfide) groups is 1. The molecule has 0 atom stereocenters. The van der Waals surface area contributed by atoms with Crippen molar-refractivity contribution in [2.45, 2.75) is 32.6 Å². The minimum atomic E-state index is -0.179. The van der Waals surface area contributed by atoms with Crippen molar-refractivity contribution in [2.75, 3.05) is 12.9 Å². The number of methoxy groups -OCH3 is 1. The number of carbonyl (C=O) groups is 1. The van der Waals surface area contributed by atoms with Gasteiger partial charge in [0.25, 0.3) is 0 Å². The minimum Gasteiger partial charge on any atom is -0.497 e. The molecule has 31 heavy (non-hydrogen) atoms. The molecule has 0 radical (unpaired) electrons. The molecule has 0 aliphatic heterocycles. The van der Waals surface area contributed by atoms with Crippen LogP contribution in [0.4, 0.5) is 0 Å². The molecule has 0 fully saturated rings. The maximum absolute atomic E-state index is 12.1. The van der Waals surface area contributed by atoms with Crippen molar-refractivity contribution >= 4 is 35.2 Å². The van der Waals surface area contributed by atoms with E-state index in [4.69, 9.17) is 4.74 Å². The van der Waals surface area contributed by atoms with E-state index >= 15 is 0 Å². The molecule has 2 aromatic heterocycles. The molecule has 0 aliphatic rings. The molecule has 160 valence electrons. The van der Waals surface area contributed by atoms with Crippen LogP contribution >= 0.6 is 23.1 Å². The molecule has 1 aromatic carbocycles. The molecule has 6 nitrogen and oxygen atoms in total. The molecular formula is C23H24N4O2S2. The number of nitrogens with zero attached hydrogens (tertiary/aromatic N) is 3. The third-order valence-corrected chi connectivity index (χ3v) is 7.18. The number of carbonyl (C=O) groups excluding carboxylic acids is 1. The van der Waals surface area contributed by atoms with Crippen LogP contribution in [0.5, 0.6) is 5.75 Å². The topological polar surface area (TPSA) is 79.4 Å². The van der Waals surface area contributed by atoms with Gasteiger partial charge in [-0.25, -0.2) is 5.43 Å². The van der Waals surface area contributed by atoms with Gasteiger partial charge in [0, 0.05) is 26.7 Å². The predicted octanol–water partition coefficient (Wildman–Crippen LogP) is 4.90. The molecule has 2 heterocycles. The zero-order valence-electron chi connectivity index (χ0n) is 18.1. The van der Waals surface area contributed by atoms with Crippen molar-refractivity contribution < 1.29 is 9.53 Å². The van der Waals surface area contributed by atoms with E-state index < -0.39 is 0 Å². The SMILES string of the molecule is COc1ccc(SCC(=O)NN=Cc2cc(C)n(-c3sc(C)c(C)c3C#N)c2C)cc1. The average molecular weight is 453 g/mol. The minimum absolute atomic E-state index is 0.179. The highest BCUT2D eigenvalue weighted by Gasteiger charge is 2.18. The lowest BCUT2D eigenvalue weighted by Crippen LogP contribution is -2.19. The number of aromatic nitrogens is 1. The maximum Gasteiger partial charge on any atom is 0.250 e.